The van der Waals surface area contributed by atoms with Gasteiger partial charge in [-0.15, -0.1) is 0 Å². The maximum Gasteiger partial charge on any atom is 0.245 e. The second-order valence-electron chi connectivity index (χ2n) is 7.14. The van der Waals surface area contributed by atoms with Crippen LogP contribution < -0.4 is 14.8 Å². The molecule has 3 rings (SSSR count). The Hall–Kier alpha value is -2.58. The fraction of sp³-hybridized carbons (Fsp3) is 0.174. The molecule has 0 saturated heterocycles. The molecule has 0 unspecified atom stereocenters. The number of amides is 1. The van der Waals surface area contributed by atoms with Gasteiger partial charge in [0.15, 0.2) is 0 Å². The molecule has 6 nitrogen and oxygen atoms in total. The minimum absolute atomic E-state index is 0.0413. The van der Waals surface area contributed by atoms with Crippen molar-refractivity contribution >= 4 is 44.8 Å². The number of rotatable bonds is 8. The number of carbonyl (C=O) groups is 1. The molecule has 3 aromatic carbocycles. The van der Waals surface area contributed by atoms with E-state index in [1.807, 2.05) is 30.3 Å². The van der Waals surface area contributed by atoms with Crippen molar-refractivity contribution in [2.24, 2.45) is 0 Å². The molecule has 2 N–H and O–H groups in total. The summed E-state index contributed by atoms with van der Waals surface area (Å²) in [7, 11) is -2.69. The van der Waals surface area contributed by atoms with Crippen LogP contribution in [0.5, 0.6) is 5.75 Å². The molecule has 0 aliphatic carbocycles. The molecule has 0 aliphatic rings. The van der Waals surface area contributed by atoms with E-state index in [9.17, 15) is 13.2 Å². The number of halogens is 2. The monoisotopic (exact) mass is 492 g/mol. The smallest absolute Gasteiger partial charge is 0.245 e. The predicted octanol–water partition coefficient (Wildman–Crippen LogP) is 4.84. The quantitative estimate of drug-likeness (QED) is 0.471. The second kappa shape index (κ2) is 10.4. The summed E-state index contributed by atoms with van der Waals surface area (Å²) in [6, 6.07) is 17.5. The van der Waals surface area contributed by atoms with Crippen LogP contribution in [0, 0.1) is 6.92 Å². The lowest BCUT2D eigenvalue weighted by atomic mass is 10.1. The molecule has 1 atom stereocenters. The summed E-state index contributed by atoms with van der Waals surface area (Å²) in [6.45, 7) is 1.77. The van der Waals surface area contributed by atoms with Gasteiger partial charge in [-0.25, -0.2) is 8.42 Å². The molecule has 0 heterocycles. The van der Waals surface area contributed by atoms with Crippen LogP contribution in [0.2, 0.25) is 10.0 Å². The van der Waals surface area contributed by atoms with Crippen LogP contribution in [0.3, 0.4) is 0 Å². The van der Waals surface area contributed by atoms with Crippen molar-refractivity contribution in [1.82, 2.24) is 4.72 Å². The van der Waals surface area contributed by atoms with E-state index in [2.05, 4.69) is 10.0 Å². The van der Waals surface area contributed by atoms with E-state index >= 15 is 0 Å². The second-order valence-corrected chi connectivity index (χ2v) is 9.63. The first kappa shape index (κ1) is 24.1. The zero-order valence-electron chi connectivity index (χ0n) is 17.4. The first-order chi connectivity index (χ1) is 15.2. The SMILES string of the molecule is COc1ccc(C)cc1S(=O)(=O)N[C@H](Cc1ccccc1)C(=O)Nc1ccc(Cl)c(Cl)c1. The lowest BCUT2D eigenvalue weighted by Gasteiger charge is -2.20. The van der Waals surface area contributed by atoms with E-state index < -0.39 is 22.0 Å². The van der Waals surface area contributed by atoms with E-state index in [0.717, 1.165) is 11.1 Å². The summed E-state index contributed by atoms with van der Waals surface area (Å²) in [5.74, 6) is -0.353. The molecule has 0 radical (unpaired) electrons. The average Bonchev–Trinajstić information content (AvgIpc) is 2.76. The number of aryl methyl sites for hydroxylation is 1. The Morgan fingerprint density at radius 2 is 1.72 bits per heavy atom. The van der Waals surface area contributed by atoms with Gasteiger partial charge in [0.05, 0.1) is 17.2 Å². The molecule has 3 aromatic rings. The maximum atomic E-state index is 13.2. The standard InChI is InChI=1S/C23H22Cl2N2O4S/c1-15-8-11-21(31-2)22(12-15)32(29,30)27-20(13-16-6-4-3-5-7-16)23(28)26-17-9-10-18(24)19(25)14-17/h3-12,14,20,27H,13H2,1-2H3,(H,26,28)/t20-/m1/s1. The molecule has 0 fully saturated rings. The van der Waals surface area contributed by atoms with Gasteiger partial charge in [0.2, 0.25) is 15.9 Å². The first-order valence-electron chi connectivity index (χ1n) is 9.66. The zero-order valence-corrected chi connectivity index (χ0v) is 19.8. The van der Waals surface area contributed by atoms with E-state index in [1.54, 1.807) is 31.2 Å². The lowest BCUT2D eigenvalue weighted by Crippen LogP contribution is -2.45. The van der Waals surface area contributed by atoms with E-state index in [4.69, 9.17) is 27.9 Å². The summed E-state index contributed by atoms with van der Waals surface area (Å²) in [6.07, 6.45) is 0.140. The van der Waals surface area contributed by atoms with Crippen molar-refractivity contribution in [3.8, 4) is 5.75 Å². The number of anilines is 1. The molecule has 0 aromatic heterocycles. The molecule has 32 heavy (non-hydrogen) atoms. The summed E-state index contributed by atoms with van der Waals surface area (Å²) in [5, 5.41) is 3.32. The lowest BCUT2D eigenvalue weighted by molar-refractivity contribution is -0.117. The van der Waals surface area contributed by atoms with Crippen LogP contribution in [0.15, 0.2) is 71.6 Å². The van der Waals surface area contributed by atoms with Gasteiger partial charge in [0.25, 0.3) is 0 Å². The number of nitrogens with one attached hydrogen (secondary N) is 2. The third kappa shape index (κ3) is 6.01. The number of ether oxygens (including phenoxy) is 1. The van der Waals surface area contributed by atoms with Gasteiger partial charge >= 0.3 is 0 Å². The van der Waals surface area contributed by atoms with Gasteiger partial charge in [0, 0.05) is 5.69 Å². The maximum absolute atomic E-state index is 13.2. The summed E-state index contributed by atoms with van der Waals surface area (Å²) in [5.41, 5.74) is 1.93. The highest BCUT2D eigenvalue weighted by molar-refractivity contribution is 7.89. The minimum atomic E-state index is -4.08. The number of methoxy groups -OCH3 is 1. The molecule has 0 spiro atoms. The van der Waals surface area contributed by atoms with Gasteiger partial charge in [-0.1, -0.05) is 59.6 Å². The van der Waals surface area contributed by atoms with Crippen molar-refractivity contribution in [3.63, 3.8) is 0 Å². The third-order valence-electron chi connectivity index (χ3n) is 4.69. The zero-order chi connectivity index (χ0) is 23.3. The Balaban J connectivity index is 1.92. The van der Waals surface area contributed by atoms with Crippen molar-refractivity contribution < 1.29 is 17.9 Å². The van der Waals surface area contributed by atoms with Gasteiger partial charge < -0.3 is 10.1 Å². The van der Waals surface area contributed by atoms with E-state index in [0.29, 0.717) is 10.7 Å². The summed E-state index contributed by atoms with van der Waals surface area (Å²) < 4.78 is 34.2. The minimum Gasteiger partial charge on any atom is -0.495 e. The highest BCUT2D eigenvalue weighted by atomic mass is 35.5. The van der Waals surface area contributed by atoms with Crippen LogP contribution in [0.1, 0.15) is 11.1 Å². The molecule has 0 bridgehead atoms. The highest BCUT2D eigenvalue weighted by Gasteiger charge is 2.28. The van der Waals surface area contributed by atoms with Crippen molar-refractivity contribution in [2.45, 2.75) is 24.3 Å². The van der Waals surface area contributed by atoms with Crippen LogP contribution >= 0.6 is 23.2 Å². The Kier molecular flexibility index (Phi) is 7.79. The Morgan fingerprint density at radius 3 is 2.38 bits per heavy atom. The normalized spacial score (nSPS) is 12.2. The molecular formula is C23H22Cl2N2O4S. The number of benzene rings is 3. The summed E-state index contributed by atoms with van der Waals surface area (Å²) >= 11 is 12.0. The number of hydrogen-bond donors (Lipinski definition) is 2. The van der Waals surface area contributed by atoms with Crippen molar-refractivity contribution in [3.05, 3.63) is 87.9 Å². The Morgan fingerprint density at radius 1 is 1.00 bits per heavy atom. The van der Waals surface area contributed by atoms with Crippen molar-refractivity contribution in [1.29, 1.82) is 0 Å². The molecule has 9 heteroatoms. The predicted molar refractivity (Wildman–Crippen MR) is 127 cm³/mol. The Bertz CT molecular complexity index is 1220. The van der Waals surface area contributed by atoms with Gasteiger partial charge in [0.1, 0.15) is 16.7 Å². The van der Waals surface area contributed by atoms with E-state index in [-0.39, 0.29) is 22.1 Å². The van der Waals surface area contributed by atoms with Crippen LogP contribution in [-0.4, -0.2) is 27.5 Å². The Labute approximate surface area is 197 Å². The average molecular weight is 493 g/mol. The van der Waals surface area contributed by atoms with Gasteiger partial charge in [-0.05, 0) is 54.8 Å². The van der Waals surface area contributed by atoms with Gasteiger partial charge in [-0.2, -0.15) is 4.72 Å². The van der Waals surface area contributed by atoms with Crippen molar-refractivity contribution in [2.75, 3.05) is 12.4 Å². The molecular weight excluding hydrogens is 471 g/mol. The van der Waals surface area contributed by atoms with Crippen LogP contribution in [0.4, 0.5) is 5.69 Å². The highest BCUT2D eigenvalue weighted by Crippen LogP contribution is 2.27. The van der Waals surface area contributed by atoms with E-state index in [1.165, 1.54) is 19.2 Å². The largest absolute Gasteiger partial charge is 0.495 e. The third-order valence-corrected chi connectivity index (χ3v) is 6.92. The van der Waals surface area contributed by atoms with Crippen LogP contribution in [-0.2, 0) is 21.2 Å². The topological polar surface area (TPSA) is 84.5 Å². The summed E-state index contributed by atoms with van der Waals surface area (Å²) in [4.78, 5) is 13.1. The van der Waals surface area contributed by atoms with Crippen LogP contribution in [0.25, 0.3) is 0 Å². The number of sulfonamides is 1. The molecule has 0 saturated carbocycles. The fourth-order valence-electron chi connectivity index (χ4n) is 3.09. The fourth-order valence-corrected chi connectivity index (χ4v) is 4.83. The molecule has 1 amide bonds. The number of carbonyl (C=O) groups excluding carboxylic acids is 1. The molecule has 168 valence electrons. The number of hydrogen-bond acceptors (Lipinski definition) is 4. The van der Waals surface area contributed by atoms with Gasteiger partial charge in [-0.3, -0.25) is 4.79 Å². The first-order valence-corrected chi connectivity index (χ1v) is 11.9. The molecule has 0 aliphatic heterocycles.